The Kier molecular flexibility index (Phi) is 2.91. The molecule has 2 rings (SSSR count). The summed E-state index contributed by atoms with van der Waals surface area (Å²) in [5.41, 5.74) is 6.02. The van der Waals surface area contributed by atoms with E-state index in [1.807, 2.05) is 0 Å². The van der Waals surface area contributed by atoms with Crippen molar-refractivity contribution in [3.05, 3.63) is 11.9 Å². The maximum absolute atomic E-state index is 11.1. The van der Waals surface area contributed by atoms with Gasteiger partial charge in [-0.15, -0.1) is 0 Å². The largest absolute Gasteiger partial charge is 0.465 e. The molecule has 0 radical (unpaired) electrons. The molecule has 0 aliphatic carbocycles. The Morgan fingerprint density at radius 1 is 1.71 bits per heavy atom. The molecule has 0 saturated carbocycles. The van der Waals surface area contributed by atoms with E-state index < -0.39 is 12.1 Å². The summed E-state index contributed by atoms with van der Waals surface area (Å²) in [7, 11) is 0. The molecule has 92 valence electrons. The highest BCUT2D eigenvalue weighted by Gasteiger charge is 2.40. The Bertz CT molecular complexity index is 444. The lowest BCUT2D eigenvalue weighted by Crippen LogP contribution is -2.70. The standard InChI is InChI=1S/C8H12N6O3/c9-1-4-2-10-14(13-4)3-5-6(7(15)11-5)12-8(16)17/h2,5-6,12H,1,3,9H2,(H,11,15)(H,16,17)/t5-,6-/m0/s1. The maximum Gasteiger partial charge on any atom is 0.405 e. The predicted octanol–water partition coefficient (Wildman–Crippen LogP) is -2.13. The van der Waals surface area contributed by atoms with Crippen molar-refractivity contribution in [3.8, 4) is 0 Å². The highest BCUT2D eigenvalue weighted by Crippen LogP contribution is 2.08. The Hall–Kier alpha value is -2.16. The van der Waals surface area contributed by atoms with Gasteiger partial charge in [-0.3, -0.25) is 4.79 Å². The van der Waals surface area contributed by atoms with Crippen LogP contribution in [0.2, 0.25) is 0 Å². The van der Waals surface area contributed by atoms with E-state index in [1.165, 1.54) is 11.0 Å². The van der Waals surface area contributed by atoms with Crippen LogP contribution in [0.25, 0.3) is 0 Å². The fraction of sp³-hybridized carbons (Fsp3) is 0.500. The number of carbonyl (C=O) groups is 2. The SMILES string of the molecule is NCc1cnn(C[C@@H]2NC(=O)[C@H]2NC(=O)O)n1. The van der Waals surface area contributed by atoms with Gasteiger partial charge in [0.1, 0.15) is 6.04 Å². The van der Waals surface area contributed by atoms with Crippen molar-refractivity contribution >= 4 is 12.0 Å². The normalized spacial score (nSPS) is 22.8. The van der Waals surface area contributed by atoms with Crippen LogP contribution in [0.15, 0.2) is 6.20 Å². The average molecular weight is 240 g/mol. The molecular formula is C8H12N6O3. The molecule has 1 aromatic rings. The zero-order valence-electron chi connectivity index (χ0n) is 8.83. The van der Waals surface area contributed by atoms with Crippen LogP contribution in [0.5, 0.6) is 0 Å². The number of nitrogens with two attached hydrogens (primary N) is 1. The molecule has 0 spiro atoms. The summed E-state index contributed by atoms with van der Waals surface area (Å²) >= 11 is 0. The van der Waals surface area contributed by atoms with Crippen LogP contribution in [-0.2, 0) is 17.9 Å². The molecule has 1 aliphatic heterocycles. The topological polar surface area (TPSA) is 135 Å². The molecule has 1 aliphatic rings. The van der Waals surface area contributed by atoms with Gasteiger partial charge in [-0.1, -0.05) is 0 Å². The number of carbonyl (C=O) groups excluding carboxylic acids is 1. The molecule has 0 bridgehead atoms. The minimum atomic E-state index is -1.23. The fourth-order valence-corrected chi connectivity index (χ4v) is 1.58. The van der Waals surface area contributed by atoms with Crippen molar-refractivity contribution in [2.24, 2.45) is 5.73 Å². The minimum Gasteiger partial charge on any atom is -0.465 e. The first-order valence-corrected chi connectivity index (χ1v) is 4.99. The van der Waals surface area contributed by atoms with E-state index in [9.17, 15) is 9.59 Å². The number of aromatic nitrogens is 3. The number of hydrogen-bond acceptors (Lipinski definition) is 5. The van der Waals surface area contributed by atoms with Crippen molar-refractivity contribution in [2.45, 2.75) is 25.2 Å². The van der Waals surface area contributed by atoms with Gasteiger partial charge in [0, 0.05) is 6.54 Å². The van der Waals surface area contributed by atoms with E-state index in [2.05, 4.69) is 20.8 Å². The van der Waals surface area contributed by atoms with Crippen LogP contribution in [0, 0.1) is 0 Å². The lowest BCUT2D eigenvalue weighted by molar-refractivity contribution is -0.131. The monoisotopic (exact) mass is 240 g/mol. The van der Waals surface area contributed by atoms with E-state index >= 15 is 0 Å². The van der Waals surface area contributed by atoms with Gasteiger partial charge < -0.3 is 21.5 Å². The molecule has 0 aromatic carbocycles. The quantitative estimate of drug-likeness (QED) is 0.444. The Morgan fingerprint density at radius 3 is 3.00 bits per heavy atom. The molecule has 1 saturated heterocycles. The Morgan fingerprint density at radius 2 is 2.47 bits per heavy atom. The first-order chi connectivity index (χ1) is 8.10. The van der Waals surface area contributed by atoms with Crippen LogP contribution in [0.1, 0.15) is 5.69 Å². The van der Waals surface area contributed by atoms with Gasteiger partial charge in [-0.05, 0) is 0 Å². The van der Waals surface area contributed by atoms with E-state index in [-0.39, 0.29) is 18.5 Å². The summed E-state index contributed by atoms with van der Waals surface area (Å²) in [6, 6.07) is -1.09. The van der Waals surface area contributed by atoms with Crippen LogP contribution in [-0.4, -0.2) is 44.2 Å². The van der Waals surface area contributed by atoms with Crippen molar-refractivity contribution < 1.29 is 14.7 Å². The lowest BCUT2D eigenvalue weighted by Gasteiger charge is -2.35. The summed E-state index contributed by atoms with van der Waals surface area (Å²) in [4.78, 5) is 22.9. The predicted molar refractivity (Wildman–Crippen MR) is 54.8 cm³/mol. The summed E-state index contributed by atoms with van der Waals surface area (Å²) < 4.78 is 0. The van der Waals surface area contributed by atoms with Crippen molar-refractivity contribution in [3.63, 3.8) is 0 Å². The average Bonchev–Trinajstić information content (AvgIpc) is 2.73. The van der Waals surface area contributed by atoms with Gasteiger partial charge in [0.25, 0.3) is 0 Å². The molecule has 9 nitrogen and oxygen atoms in total. The molecule has 9 heteroatoms. The smallest absolute Gasteiger partial charge is 0.405 e. The summed E-state index contributed by atoms with van der Waals surface area (Å²) in [6.45, 7) is 0.588. The van der Waals surface area contributed by atoms with Gasteiger partial charge in [0.05, 0.1) is 24.5 Å². The second kappa shape index (κ2) is 4.37. The van der Waals surface area contributed by atoms with Gasteiger partial charge in [-0.2, -0.15) is 15.0 Å². The summed E-state index contributed by atoms with van der Waals surface area (Å²) in [5.74, 6) is -0.344. The van der Waals surface area contributed by atoms with Gasteiger partial charge in [-0.25, -0.2) is 4.79 Å². The Labute approximate surface area is 96.0 Å². The van der Waals surface area contributed by atoms with Crippen molar-refractivity contribution in [1.82, 2.24) is 25.6 Å². The fourth-order valence-electron chi connectivity index (χ4n) is 1.58. The summed E-state index contributed by atoms with van der Waals surface area (Å²) in [5, 5.41) is 21.2. The highest BCUT2D eigenvalue weighted by atomic mass is 16.4. The van der Waals surface area contributed by atoms with Gasteiger partial charge >= 0.3 is 6.09 Å². The third kappa shape index (κ3) is 2.33. The number of rotatable bonds is 4. The van der Waals surface area contributed by atoms with Gasteiger partial charge in [0.15, 0.2) is 0 Å². The number of nitrogens with zero attached hydrogens (tertiary/aromatic N) is 3. The molecule has 0 unspecified atom stereocenters. The van der Waals surface area contributed by atoms with E-state index in [1.54, 1.807) is 0 Å². The van der Waals surface area contributed by atoms with Crippen molar-refractivity contribution in [2.75, 3.05) is 0 Å². The number of carboxylic acid groups (broad SMARTS) is 1. The first-order valence-electron chi connectivity index (χ1n) is 4.99. The van der Waals surface area contributed by atoms with Crippen molar-refractivity contribution in [1.29, 1.82) is 0 Å². The highest BCUT2D eigenvalue weighted by molar-refractivity contribution is 5.91. The first kappa shape index (κ1) is 11.3. The maximum atomic E-state index is 11.1. The molecule has 1 fully saturated rings. The second-order valence-corrected chi connectivity index (χ2v) is 3.64. The van der Waals surface area contributed by atoms with Crippen LogP contribution >= 0.6 is 0 Å². The zero-order valence-corrected chi connectivity index (χ0v) is 8.83. The van der Waals surface area contributed by atoms with Crippen LogP contribution < -0.4 is 16.4 Å². The third-order valence-corrected chi connectivity index (χ3v) is 2.44. The number of β-lactam (4-membered cyclic amide) rings is 1. The van der Waals surface area contributed by atoms with E-state index in [0.717, 1.165) is 0 Å². The van der Waals surface area contributed by atoms with E-state index in [4.69, 9.17) is 10.8 Å². The number of nitrogens with one attached hydrogen (secondary N) is 2. The molecule has 17 heavy (non-hydrogen) atoms. The minimum absolute atomic E-state index is 0.286. The third-order valence-electron chi connectivity index (χ3n) is 2.44. The lowest BCUT2D eigenvalue weighted by atomic mass is 9.99. The van der Waals surface area contributed by atoms with E-state index in [0.29, 0.717) is 12.2 Å². The molecule has 2 atom stereocenters. The zero-order chi connectivity index (χ0) is 12.4. The van der Waals surface area contributed by atoms with Gasteiger partial charge in [0.2, 0.25) is 5.91 Å². The molecule has 5 N–H and O–H groups in total. The molecule has 2 amide bonds. The van der Waals surface area contributed by atoms with Crippen LogP contribution in [0.3, 0.4) is 0 Å². The molecule has 2 heterocycles. The number of amides is 2. The van der Waals surface area contributed by atoms with Crippen LogP contribution in [0.4, 0.5) is 4.79 Å². The second-order valence-electron chi connectivity index (χ2n) is 3.64. The number of hydrogen-bond donors (Lipinski definition) is 4. The summed E-state index contributed by atoms with van der Waals surface area (Å²) in [6.07, 6.45) is 0.297. The molecule has 1 aromatic heterocycles. The molecular weight excluding hydrogens is 228 g/mol. The Balaban J connectivity index is 1.95.